The number of carbonyl (C=O) groups excluding carboxylic acids is 1. The zero-order valence-electron chi connectivity index (χ0n) is 15.5. The summed E-state index contributed by atoms with van der Waals surface area (Å²) in [5, 5.41) is 11.6. The molecule has 1 aliphatic rings. The van der Waals surface area contributed by atoms with Crippen LogP contribution in [0.15, 0.2) is 47.4 Å². The van der Waals surface area contributed by atoms with E-state index in [0.29, 0.717) is 6.07 Å². The molecular formula is C19H18F2N4O3S. The third-order valence-electron chi connectivity index (χ3n) is 4.62. The zero-order chi connectivity index (χ0) is 21.2. The van der Waals surface area contributed by atoms with E-state index in [4.69, 9.17) is 0 Å². The van der Waals surface area contributed by atoms with Gasteiger partial charge in [0, 0.05) is 31.7 Å². The summed E-state index contributed by atoms with van der Waals surface area (Å²) in [6.07, 6.45) is 0. The van der Waals surface area contributed by atoms with Crippen LogP contribution in [0.3, 0.4) is 0 Å². The molecule has 1 aliphatic heterocycles. The number of hydrogen-bond donors (Lipinski definition) is 1. The molecule has 2 aromatic carbocycles. The van der Waals surface area contributed by atoms with Crippen LogP contribution in [0.4, 0.5) is 19.3 Å². The van der Waals surface area contributed by atoms with Gasteiger partial charge in [0.1, 0.15) is 17.7 Å². The van der Waals surface area contributed by atoms with E-state index < -0.39 is 33.7 Å². The van der Waals surface area contributed by atoms with Gasteiger partial charge in [-0.1, -0.05) is 12.1 Å². The summed E-state index contributed by atoms with van der Waals surface area (Å²) in [6.45, 7) is 1.81. The molecule has 1 N–H and O–H groups in total. The largest absolute Gasteiger partial charge is 0.322 e. The second-order valence-electron chi connectivity index (χ2n) is 6.57. The lowest BCUT2D eigenvalue weighted by molar-refractivity contribution is 0.157. The van der Waals surface area contributed by atoms with Gasteiger partial charge in [-0.15, -0.1) is 0 Å². The number of nitrogens with one attached hydrogen (secondary N) is 1. The maximum absolute atomic E-state index is 13.7. The van der Waals surface area contributed by atoms with Gasteiger partial charge in [0.25, 0.3) is 0 Å². The highest BCUT2D eigenvalue weighted by Gasteiger charge is 2.36. The van der Waals surface area contributed by atoms with Crippen molar-refractivity contribution in [3.8, 4) is 6.07 Å². The van der Waals surface area contributed by atoms with Crippen molar-refractivity contribution in [3.63, 3.8) is 0 Å². The van der Waals surface area contributed by atoms with E-state index in [9.17, 15) is 27.3 Å². The molecule has 1 fully saturated rings. The third kappa shape index (κ3) is 4.21. The molecule has 10 heteroatoms. The van der Waals surface area contributed by atoms with Crippen molar-refractivity contribution in [1.29, 1.82) is 5.26 Å². The maximum Gasteiger partial charge on any atom is 0.322 e. The molecule has 1 heterocycles. The first-order valence-corrected chi connectivity index (χ1v) is 10.2. The lowest BCUT2D eigenvalue weighted by atomic mass is 10.2. The van der Waals surface area contributed by atoms with E-state index in [1.54, 1.807) is 19.1 Å². The predicted octanol–water partition coefficient (Wildman–Crippen LogP) is 2.76. The second kappa shape index (κ2) is 8.14. The number of carbonyl (C=O) groups is 1. The SMILES string of the molecule is CC1CN(C(=O)Nc2ccc(F)cc2F)CCN1S(=O)(=O)c1ccccc1C#N. The van der Waals surface area contributed by atoms with Crippen molar-refractivity contribution < 1.29 is 22.0 Å². The molecule has 3 rings (SSSR count). The minimum Gasteiger partial charge on any atom is -0.322 e. The molecule has 1 saturated heterocycles. The Labute approximate surface area is 167 Å². The van der Waals surface area contributed by atoms with Gasteiger partial charge >= 0.3 is 6.03 Å². The van der Waals surface area contributed by atoms with Gasteiger partial charge < -0.3 is 10.2 Å². The van der Waals surface area contributed by atoms with Crippen molar-refractivity contribution in [3.05, 3.63) is 59.7 Å². The highest BCUT2D eigenvalue weighted by molar-refractivity contribution is 7.89. The minimum absolute atomic E-state index is 0.0165. The van der Waals surface area contributed by atoms with Crippen LogP contribution in [0.5, 0.6) is 0 Å². The first-order valence-electron chi connectivity index (χ1n) is 8.76. The standard InChI is InChI=1S/C19H18F2N4O3S/c1-13-12-24(19(26)23-17-7-6-15(20)10-16(17)21)8-9-25(13)29(27,28)18-5-3-2-4-14(18)11-22/h2-7,10,13H,8-9,12H2,1H3,(H,23,26). The van der Waals surface area contributed by atoms with Gasteiger partial charge in [-0.25, -0.2) is 22.0 Å². The van der Waals surface area contributed by atoms with Crippen molar-refractivity contribution in [2.45, 2.75) is 17.9 Å². The van der Waals surface area contributed by atoms with Crippen molar-refractivity contribution in [2.24, 2.45) is 0 Å². The molecule has 0 radical (unpaired) electrons. The van der Waals surface area contributed by atoms with Crippen LogP contribution in [0, 0.1) is 23.0 Å². The first-order chi connectivity index (χ1) is 13.7. The van der Waals surface area contributed by atoms with Gasteiger partial charge in [0.15, 0.2) is 0 Å². The molecule has 152 valence electrons. The molecule has 0 spiro atoms. The fraction of sp³-hybridized carbons (Fsp3) is 0.263. The Balaban J connectivity index is 1.73. The van der Waals surface area contributed by atoms with Crippen LogP contribution in [0.25, 0.3) is 0 Å². The molecule has 1 unspecified atom stereocenters. The fourth-order valence-corrected chi connectivity index (χ4v) is 4.94. The number of amides is 2. The first kappa shape index (κ1) is 20.7. The van der Waals surface area contributed by atoms with Crippen molar-refractivity contribution in [1.82, 2.24) is 9.21 Å². The smallest absolute Gasteiger partial charge is 0.322 e. The highest BCUT2D eigenvalue weighted by Crippen LogP contribution is 2.24. The van der Waals surface area contributed by atoms with Crippen LogP contribution in [0.1, 0.15) is 12.5 Å². The Morgan fingerprint density at radius 2 is 1.93 bits per heavy atom. The predicted molar refractivity (Wildman–Crippen MR) is 101 cm³/mol. The summed E-state index contributed by atoms with van der Waals surface area (Å²) in [4.78, 5) is 13.7. The quantitative estimate of drug-likeness (QED) is 0.826. The van der Waals surface area contributed by atoms with E-state index in [1.165, 1.54) is 21.3 Å². The number of piperazine rings is 1. The number of hydrogen-bond acceptors (Lipinski definition) is 4. The number of benzene rings is 2. The number of nitrogens with zero attached hydrogens (tertiary/aromatic N) is 3. The van der Waals surface area contributed by atoms with E-state index in [-0.39, 0.29) is 35.8 Å². The lowest BCUT2D eigenvalue weighted by Crippen LogP contribution is -2.56. The number of urea groups is 1. The summed E-state index contributed by atoms with van der Waals surface area (Å²) in [6, 6.07) is 9.43. The summed E-state index contributed by atoms with van der Waals surface area (Å²) >= 11 is 0. The van der Waals surface area contributed by atoms with Gasteiger partial charge in [0.2, 0.25) is 10.0 Å². The fourth-order valence-electron chi connectivity index (χ4n) is 3.18. The Bertz CT molecular complexity index is 1090. The van der Waals surface area contributed by atoms with E-state index in [0.717, 1.165) is 12.1 Å². The normalized spacial score (nSPS) is 17.6. The number of anilines is 1. The average molecular weight is 420 g/mol. The molecular weight excluding hydrogens is 402 g/mol. The minimum atomic E-state index is -3.92. The Morgan fingerprint density at radius 1 is 1.21 bits per heavy atom. The van der Waals surface area contributed by atoms with Crippen LogP contribution >= 0.6 is 0 Å². The third-order valence-corrected chi connectivity index (χ3v) is 6.69. The van der Waals surface area contributed by atoms with Crippen molar-refractivity contribution >= 4 is 21.7 Å². The number of rotatable bonds is 3. The summed E-state index contributed by atoms with van der Waals surface area (Å²) < 4.78 is 54.0. The van der Waals surface area contributed by atoms with E-state index in [1.807, 2.05) is 6.07 Å². The van der Waals surface area contributed by atoms with Crippen molar-refractivity contribution in [2.75, 3.05) is 25.0 Å². The molecule has 29 heavy (non-hydrogen) atoms. The lowest BCUT2D eigenvalue weighted by Gasteiger charge is -2.38. The number of halogens is 2. The summed E-state index contributed by atoms with van der Waals surface area (Å²) in [7, 11) is -3.92. The van der Waals surface area contributed by atoms with Crippen LogP contribution < -0.4 is 5.32 Å². The summed E-state index contributed by atoms with van der Waals surface area (Å²) in [5.74, 6) is -1.66. The molecule has 2 aromatic rings. The summed E-state index contributed by atoms with van der Waals surface area (Å²) in [5.41, 5.74) is -0.117. The topological polar surface area (TPSA) is 93.5 Å². The van der Waals surface area contributed by atoms with E-state index >= 15 is 0 Å². The average Bonchev–Trinajstić information content (AvgIpc) is 2.69. The molecule has 0 bridgehead atoms. The monoisotopic (exact) mass is 420 g/mol. The Kier molecular flexibility index (Phi) is 5.81. The highest BCUT2D eigenvalue weighted by atomic mass is 32.2. The number of nitriles is 1. The van der Waals surface area contributed by atoms with Gasteiger partial charge in [-0.3, -0.25) is 0 Å². The molecule has 0 saturated carbocycles. The maximum atomic E-state index is 13.7. The van der Waals surface area contributed by atoms with E-state index in [2.05, 4.69) is 5.32 Å². The zero-order valence-corrected chi connectivity index (χ0v) is 16.3. The Morgan fingerprint density at radius 3 is 2.59 bits per heavy atom. The van der Waals surface area contributed by atoms with Gasteiger partial charge in [0.05, 0.1) is 16.1 Å². The molecule has 0 aliphatic carbocycles. The number of sulfonamides is 1. The van der Waals surface area contributed by atoms with Crippen LogP contribution in [-0.4, -0.2) is 49.3 Å². The van der Waals surface area contributed by atoms with Crippen LogP contribution in [0.2, 0.25) is 0 Å². The molecule has 2 amide bonds. The molecule has 1 atom stereocenters. The van der Waals surface area contributed by atoms with Gasteiger partial charge in [-0.05, 0) is 31.2 Å². The van der Waals surface area contributed by atoms with Gasteiger partial charge in [-0.2, -0.15) is 9.57 Å². The Hall–Kier alpha value is -3.03. The second-order valence-corrected chi connectivity index (χ2v) is 8.43. The molecule has 0 aromatic heterocycles. The van der Waals surface area contributed by atoms with Crippen LogP contribution in [-0.2, 0) is 10.0 Å². The molecule has 7 nitrogen and oxygen atoms in total.